The number of nitrogens with zero attached hydrogens (tertiary/aromatic N) is 4. The second-order valence-electron chi connectivity index (χ2n) is 6.03. The number of carbonyl (C=O) groups excluding carboxylic acids is 1. The Kier molecular flexibility index (Phi) is 4.38. The van der Waals surface area contributed by atoms with Gasteiger partial charge >= 0.3 is 0 Å². The monoisotopic (exact) mass is 301 g/mol. The number of benzene rings is 1. The Balaban J connectivity index is 1.62. The number of rotatable bonds is 4. The molecule has 6 heteroatoms. The Labute approximate surface area is 130 Å². The summed E-state index contributed by atoms with van der Waals surface area (Å²) in [6.07, 6.45) is 2.42. The number of amides is 1. The van der Waals surface area contributed by atoms with Crippen molar-refractivity contribution in [2.45, 2.75) is 19.8 Å². The number of carbonyl (C=O) groups is 1. The fourth-order valence-electron chi connectivity index (χ4n) is 3.12. The van der Waals surface area contributed by atoms with E-state index < -0.39 is 0 Å². The molecule has 0 radical (unpaired) electrons. The number of nitrogens with one attached hydrogen (secondary N) is 1. The molecule has 0 spiro atoms. The number of aryl methyl sites for hydroxylation is 1. The van der Waals surface area contributed by atoms with Gasteiger partial charge in [0.15, 0.2) is 0 Å². The van der Waals surface area contributed by atoms with E-state index >= 15 is 0 Å². The number of likely N-dealkylation sites (tertiary alicyclic amines) is 1. The fraction of sp³-hybridized carbons (Fsp3) is 0.562. The van der Waals surface area contributed by atoms with Crippen LogP contribution in [0.25, 0.3) is 11.0 Å². The van der Waals surface area contributed by atoms with Gasteiger partial charge in [-0.2, -0.15) is 0 Å². The molecular weight excluding hydrogens is 278 g/mol. The van der Waals surface area contributed by atoms with E-state index in [1.165, 1.54) is 19.4 Å². The highest BCUT2D eigenvalue weighted by atomic mass is 16.1. The van der Waals surface area contributed by atoms with Gasteiger partial charge in [-0.05, 0) is 50.0 Å². The minimum Gasteiger partial charge on any atom is -0.352 e. The third-order valence-corrected chi connectivity index (χ3v) is 4.47. The third-order valence-electron chi connectivity index (χ3n) is 4.47. The molecule has 1 saturated heterocycles. The summed E-state index contributed by atoms with van der Waals surface area (Å²) in [4.78, 5) is 14.8. The van der Waals surface area contributed by atoms with E-state index in [2.05, 4.69) is 27.5 Å². The van der Waals surface area contributed by atoms with Gasteiger partial charge in [0.1, 0.15) is 5.52 Å². The van der Waals surface area contributed by atoms with E-state index in [0.717, 1.165) is 30.7 Å². The SMILES string of the molecule is CCN1CCCC(CNC(=O)c2ccc3nnn(C)c3c2)C1. The summed E-state index contributed by atoms with van der Waals surface area (Å²) in [7, 11) is 1.83. The van der Waals surface area contributed by atoms with Gasteiger partial charge in [0.2, 0.25) is 0 Å². The van der Waals surface area contributed by atoms with Crippen molar-refractivity contribution in [2.24, 2.45) is 13.0 Å². The van der Waals surface area contributed by atoms with Crippen LogP contribution in [0, 0.1) is 5.92 Å². The normalized spacial score (nSPS) is 19.5. The highest BCUT2D eigenvalue weighted by molar-refractivity contribution is 5.97. The quantitative estimate of drug-likeness (QED) is 0.928. The molecule has 2 heterocycles. The molecule has 1 atom stereocenters. The van der Waals surface area contributed by atoms with E-state index in [9.17, 15) is 4.79 Å². The lowest BCUT2D eigenvalue weighted by Gasteiger charge is -2.31. The summed E-state index contributed by atoms with van der Waals surface area (Å²) in [6.45, 7) is 6.30. The van der Waals surface area contributed by atoms with Gasteiger partial charge in [0, 0.05) is 25.7 Å². The highest BCUT2D eigenvalue weighted by Crippen LogP contribution is 2.16. The van der Waals surface area contributed by atoms with Crippen LogP contribution in [0.2, 0.25) is 0 Å². The number of hydrogen-bond donors (Lipinski definition) is 1. The lowest BCUT2D eigenvalue weighted by atomic mass is 9.98. The van der Waals surface area contributed by atoms with Gasteiger partial charge < -0.3 is 10.2 Å². The van der Waals surface area contributed by atoms with Gasteiger partial charge in [-0.15, -0.1) is 5.10 Å². The minimum atomic E-state index is -0.0169. The van der Waals surface area contributed by atoms with E-state index in [0.29, 0.717) is 11.5 Å². The van der Waals surface area contributed by atoms with Crippen LogP contribution in [0.5, 0.6) is 0 Å². The van der Waals surface area contributed by atoms with Crippen LogP contribution in [-0.2, 0) is 7.05 Å². The summed E-state index contributed by atoms with van der Waals surface area (Å²) in [5.74, 6) is 0.538. The van der Waals surface area contributed by atoms with Crippen LogP contribution in [0.15, 0.2) is 18.2 Å². The maximum atomic E-state index is 12.3. The fourth-order valence-corrected chi connectivity index (χ4v) is 3.12. The summed E-state index contributed by atoms with van der Waals surface area (Å²) in [5.41, 5.74) is 2.36. The van der Waals surface area contributed by atoms with Crippen LogP contribution in [0.1, 0.15) is 30.1 Å². The molecule has 1 unspecified atom stereocenters. The molecule has 6 nitrogen and oxygen atoms in total. The maximum absolute atomic E-state index is 12.3. The van der Waals surface area contributed by atoms with Gasteiger partial charge in [-0.3, -0.25) is 4.79 Å². The summed E-state index contributed by atoms with van der Waals surface area (Å²) < 4.78 is 1.69. The van der Waals surface area contributed by atoms with E-state index in [4.69, 9.17) is 0 Å². The Hall–Kier alpha value is -1.95. The molecule has 0 bridgehead atoms. The van der Waals surface area contributed by atoms with Crippen molar-refractivity contribution >= 4 is 16.9 Å². The van der Waals surface area contributed by atoms with Crippen LogP contribution in [0.3, 0.4) is 0 Å². The molecule has 0 aliphatic carbocycles. The number of aromatic nitrogens is 3. The Morgan fingerprint density at radius 1 is 1.45 bits per heavy atom. The van der Waals surface area contributed by atoms with Crippen molar-refractivity contribution in [1.82, 2.24) is 25.2 Å². The van der Waals surface area contributed by atoms with Crippen LogP contribution in [-0.4, -0.2) is 52.0 Å². The predicted octanol–water partition coefficient (Wildman–Crippen LogP) is 1.43. The molecule has 1 aromatic heterocycles. The van der Waals surface area contributed by atoms with Gasteiger partial charge in [-0.1, -0.05) is 12.1 Å². The summed E-state index contributed by atoms with van der Waals surface area (Å²) in [5, 5.41) is 11.1. The maximum Gasteiger partial charge on any atom is 0.251 e. The van der Waals surface area contributed by atoms with Gasteiger partial charge in [0.25, 0.3) is 5.91 Å². The third kappa shape index (κ3) is 3.11. The Bertz CT molecular complexity index is 666. The number of hydrogen-bond acceptors (Lipinski definition) is 4. The number of piperidine rings is 1. The molecule has 3 rings (SSSR count). The number of fused-ring (bicyclic) bond motifs is 1. The smallest absolute Gasteiger partial charge is 0.251 e. The molecule has 1 aliphatic heterocycles. The van der Waals surface area contributed by atoms with Gasteiger partial charge in [0.05, 0.1) is 5.52 Å². The molecule has 22 heavy (non-hydrogen) atoms. The predicted molar refractivity (Wildman–Crippen MR) is 85.7 cm³/mol. The van der Waals surface area contributed by atoms with E-state index in [-0.39, 0.29) is 5.91 Å². The molecule has 2 aromatic rings. The first-order chi connectivity index (χ1) is 10.7. The van der Waals surface area contributed by atoms with E-state index in [1.54, 1.807) is 4.68 Å². The first-order valence-electron chi connectivity index (χ1n) is 7.97. The lowest BCUT2D eigenvalue weighted by molar-refractivity contribution is 0.0934. The van der Waals surface area contributed by atoms with Crippen molar-refractivity contribution in [1.29, 1.82) is 0 Å². The highest BCUT2D eigenvalue weighted by Gasteiger charge is 2.19. The zero-order valence-electron chi connectivity index (χ0n) is 13.2. The first kappa shape index (κ1) is 15.0. The summed E-state index contributed by atoms with van der Waals surface area (Å²) >= 11 is 0. The second-order valence-corrected chi connectivity index (χ2v) is 6.03. The Morgan fingerprint density at radius 3 is 3.14 bits per heavy atom. The zero-order valence-corrected chi connectivity index (χ0v) is 13.2. The summed E-state index contributed by atoms with van der Waals surface area (Å²) in [6, 6.07) is 5.51. The largest absolute Gasteiger partial charge is 0.352 e. The molecule has 0 saturated carbocycles. The van der Waals surface area contributed by atoms with Crippen molar-refractivity contribution in [3.05, 3.63) is 23.8 Å². The topological polar surface area (TPSA) is 63.1 Å². The molecule has 1 amide bonds. The van der Waals surface area contributed by atoms with E-state index in [1.807, 2.05) is 25.2 Å². The zero-order chi connectivity index (χ0) is 15.5. The molecule has 1 fully saturated rings. The van der Waals surface area contributed by atoms with Crippen molar-refractivity contribution < 1.29 is 4.79 Å². The average molecular weight is 301 g/mol. The van der Waals surface area contributed by atoms with Crippen molar-refractivity contribution in [3.63, 3.8) is 0 Å². The van der Waals surface area contributed by atoms with Crippen molar-refractivity contribution in [2.75, 3.05) is 26.2 Å². The lowest BCUT2D eigenvalue weighted by Crippen LogP contribution is -2.40. The Morgan fingerprint density at radius 2 is 2.32 bits per heavy atom. The molecule has 1 aliphatic rings. The standard InChI is InChI=1S/C16H23N5O/c1-3-21-8-4-5-12(11-21)10-17-16(22)13-6-7-14-15(9-13)20(2)19-18-14/h6-7,9,12H,3-5,8,10-11H2,1-2H3,(H,17,22). The molecular formula is C16H23N5O. The van der Waals surface area contributed by atoms with Crippen LogP contribution in [0.4, 0.5) is 0 Å². The molecule has 1 N–H and O–H groups in total. The molecule has 1 aromatic carbocycles. The second kappa shape index (κ2) is 6.44. The first-order valence-corrected chi connectivity index (χ1v) is 7.97. The van der Waals surface area contributed by atoms with Crippen LogP contribution >= 0.6 is 0 Å². The average Bonchev–Trinajstić information content (AvgIpc) is 2.93. The minimum absolute atomic E-state index is 0.0169. The molecule has 118 valence electrons. The van der Waals surface area contributed by atoms with Crippen LogP contribution < -0.4 is 5.32 Å². The van der Waals surface area contributed by atoms with Crippen molar-refractivity contribution in [3.8, 4) is 0 Å². The van der Waals surface area contributed by atoms with Gasteiger partial charge in [-0.25, -0.2) is 4.68 Å².